The predicted molar refractivity (Wildman–Crippen MR) is 81.0 cm³/mol. The summed E-state index contributed by atoms with van der Waals surface area (Å²) in [6.07, 6.45) is 13.9. The van der Waals surface area contributed by atoms with Crippen molar-refractivity contribution in [2.75, 3.05) is 7.11 Å². The van der Waals surface area contributed by atoms with Crippen LogP contribution in [0.3, 0.4) is 0 Å². The van der Waals surface area contributed by atoms with Crippen LogP contribution in [0.5, 0.6) is 5.88 Å². The van der Waals surface area contributed by atoms with Crippen LogP contribution in [-0.2, 0) is 5.60 Å². The van der Waals surface area contributed by atoms with Crippen molar-refractivity contribution in [3.63, 3.8) is 0 Å². The van der Waals surface area contributed by atoms with Crippen molar-refractivity contribution in [3.8, 4) is 5.88 Å². The predicted octanol–water partition coefficient (Wildman–Crippen LogP) is 3.44. The third-order valence-electron chi connectivity index (χ3n) is 5.42. The van der Waals surface area contributed by atoms with E-state index in [1.165, 1.54) is 38.5 Å². The summed E-state index contributed by atoms with van der Waals surface area (Å²) in [7, 11) is 1.61. The van der Waals surface area contributed by atoms with Gasteiger partial charge in [0.25, 0.3) is 0 Å². The highest BCUT2D eigenvalue weighted by Crippen LogP contribution is 2.49. The van der Waals surface area contributed by atoms with E-state index in [0.29, 0.717) is 23.4 Å². The van der Waals surface area contributed by atoms with Gasteiger partial charge in [0.1, 0.15) is 11.3 Å². The molecule has 0 aromatic carbocycles. The zero-order valence-electron chi connectivity index (χ0n) is 12.9. The van der Waals surface area contributed by atoms with E-state index in [1.54, 1.807) is 19.5 Å². The molecule has 1 aromatic rings. The van der Waals surface area contributed by atoms with Crippen LogP contribution in [0.2, 0.25) is 0 Å². The van der Waals surface area contributed by atoms with Crippen LogP contribution >= 0.6 is 0 Å². The molecule has 116 valence electrons. The van der Waals surface area contributed by atoms with E-state index in [4.69, 9.17) is 4.74 Å². The van der Waals surface area contributed by atoms with Crippen LogP contribution in [0.4, 0.5) is 0 Å². The Balaban J connectivity index is 1.94. The van der Waals surface area contributed by atoms with Crippen LogP contribution in [0.25, 0.3) is 0 Å². The fraction of sp³-hybridized carbons (Fsp3) is 0.765. The lowest BCUT2D eigenvalue weighted by Gasteiger charge is -2.44. The maximum absolute atomic E-state index is 11.5. The van der Waals surface area contributed by atoms with Crippen molar-refractivity contribution < 1.29 is 9.84 Å². The molecule has 0 saturated heterocycles. The van der Waals surface area contributed by atoms with Gasteiger partial charge in [-0.1, -0.05) is 44.9 Å². The summed E-state index contributed by atoms with van der Waals surface area (Å²) in [5.74, 6) is 1.41. The van der Waals surface area contributed by atoms with Gasteiger partial charge in [0, 0.05) is 12.4 Å². The van der Waals surface area contributed by atoms with Gasteiger partial charge >= 0.3 is 0 Å². The number of methoxy groups -OCH3 is 1. The Labute approximate surface area is 127 Å². The Bertz CT molecular complexity index is 474. The lowest BCUT2D eigenvalue weighted by atomic mass is 9.64. The second-order valence-electron chi connectivity index (χ2n) is 6.59. The van der Waals surface area contributed by atoms with E-state index in [2.05, 4.69) is 9.97 Å². The molecular formula is C17H26N2O2. The first-order valence-electron chi connectivity index (χ1n) is 8.33. The van der Waals surface area contributed by atoms with Crippen molar-refractivity contribution in [2.24, 2.45) is 11.8 Å². The molecule has 0 radical (unpaired) electrons. The number of hydrogen-bond donors (Lipinski definition) is 1. The van der Waals surface area contributed by atoms with Gasteiger partial charge in [0.15, 0.2) is 0 Å². The highest BCUT2D eigenvalue weighted by molar-refractivity contribution is 5.26. The van der Waals surface area contributed by atoms with Gasteiger partial charge in [0.05, 0.1) is 7.11 Å². The zero-order valence-corrected chi connectivity index (χ0v) is 12.9. The molecule has 2 saturated carbocycles. The minimum atomic E-state index is -0.861. The molecule has 1 N–H and O–H groups in total. The van der Waals surface area contributed by atoms with E-state index in [1.807, 2.05) is 0 Å². The van der Waals surface area contributed by atoms with Crippen molar-refractivity contribution in [2.45, 2.75) is 63.4 Å². The molecule has 0 bridgehead atoms. The summed E-state index contributed by atoms with van der Waals surface area (Å²) in [6.45, 7) is 0. The van der Waals surface area contributed by atoms with Crippen LogP contribution in [0.1, 0.15) is 63.5 Å². The number of hydrogen-bond acceptors (Lipinski definition) is 4. The van der Waals surface area contributed by atoms with Crippen LogP contribution < -0.4 is 4.74 Å². The zero-order chi connectivity index (χ0) is 14.7. The van der Waals surface area contributed by atoms with Crippen LogP contribution in [0, 0.1) is 11.8 Å². The Kier molecular flexibility index (Phi) is 4.43. The van der Waals surface area contributed by atoms with Crippen molar-refractivity contribution in [1.82, 2.24) is 9.97 Å². The fourth-order valence-corrected chi connectivity index (χ4v) is 4.41. The van der Waals surface area contributed by atoms with Gasteiger partial charge in [-0.25, -0.2) is 4.98 Å². The summed E-state index contributed by atoms with van der Waals surface area (Å²) in [5, 5.41) is 11.5. The number of aromatic nitrogens is 2. The summed E-state index contributed by atoms with van der Waals surface area (Å²) in [6, 6.07) is 0. The molecule has 0 aliphatic heterocycles. The number of nitrogens with zero attached hydrogens (tertiary/aromatic N) is 2. The van der Waals surface area contributed by atoms with Gasteiger partial charge in [-0.3, -0.25) is 4.98 Å². The molecule has 4 heteroatoms. The molecule has 4 nitrogen and oxygen atoms in total. The highest BCUT2D eigenvalue weighted by Gasteiger charge is 2.47. The first-order valence-corrected chi connectivity index (χ1v) is 8.33. The average Bonchev–Trinajstić information content (AvgIpc) is 2.56. The molecule has 0 amide bonds. The lowest BCUT2D eigenvalue weighted by molar-refractivity contribution is -0.0882. The molecule has 2 aliphatic rings. The summed E-state index contributed by atoms with van der Waals surface area (Å²) in [4.78, 5) is 8.70. The third-order valence-corrected chi connectivity index (χ3v) is 5.42. The van der Waals surface area contributed by atoms with Crippen molar-refractivity contribution in [3.05, 3.63) is 18.1 Å². The Hall–Kier alpha value is -1.16. The molecule has 1 heterocycles. The summed E-state index contributed by atoms with van der Waals surface area (Å²) < 4.78 is 5.37. The topological polar surface area (TPSA) is 55.2 Å². The minimum absolute atomic E-state index is 0.303. The second-order valence-corrected chi connectivity index (χ2v) is 6.59. The van der Waals surface area contributed by atoms with Gasteiger partial charge in [-0.15, -0.1) is 0 Å². The standard InChI is InChI=1S/C17H26N2O2/c1-21-16-15(18-11-12-19-16)17(20)10-6-5-9-14(17)13-7-3-2-4-8-13/h11-14,20H,2-10H2,1H3. The summed E-state index contributed by atoms with van der Waals surface area (Å²) in [5.41, 5.74) is -0.206. The molecule has 2 aliphatic carbocycles. The van der Waals surface area contributed by atoms with Crippen LogP contribution in [-0.4, -0.2) is 22.2 Å². The highest BCUT2D eigenvalue weighted by atomic mass is 16.5. The molecule has 2 unspecified atom stereocenters. The lowest BCUT2D eigenvalue weighted by Crippen LogP contribution is -2.43. The van der Waals surface area contributed by atoms with Crippen molar-refractivity contribution in [1.29, 1.82) is 0 Å². The minimum Gasteiger partial charge on any atom is -0.480 e. The maximum atomic E-state index is 11.5. The molecule has 1 aromatic heterocycles. The van der Waals surface area contributed by atoms with E-state index < -0.39 is 5.60 Å². The van der Waals surface area contributed by atoms with E-state index in [0.717, 1.165) is 19.3 Å². The van der Waals surface area contributed by atoms with E-state index in [-0.39, 0.29) is 0 Å². The Morgan fingerprint density at radius 1 is 1.05 bits per heavy atom. The first-order chi connectivity index (χ1) is 10.3. The SMILES string of the molecule is COc1nccnc1C1(O)CCCCC1C1CCCCC1. The van der Waals surface area contributed by atoms with Gasteiger partial charge in [-0.05, 0) is 24.7 Å². The fourth-order valence-electron chi connectivity index (χ4n) is 4.41. The molecule has 2 atom stereocenters. The smallest absolute Gasteiger partial charge is 0.238 e. The summed E-state index contributed by atoms with van der Waals surface area (Å²) >= 11 is 0. The molecular weight excluding hydrogens is 264 g/mol. The Morgan fingerprint density at radius 3 is 2.52 bits per heavy atom. The van der Waals surface area contributed by atoms with Gasteiger partial charge < -0.3 is 9.84 Å². The molecule has 3 rings (SSSR count). The monoisotopic (exact) mass is 290 g/mol. The van der Waals surface area contributed by atoms with Crippen molar-refractivity contribution >= 4 is 0 Å². The molecule has 21 heavy (non-hydrogen) atoms. The van der Waals surface area contributed by atoms with E-state index >= 15 is 0 Å². The van der Waals surface area contributed by atoms with Gasteiger partial charge in [0.2, 0.25) is 5.88 Å². The number of aliphatic hydroxyl groups is 1. The maximum Gasteiger partial charge on any atom is 0.238 e. The first kappa shape index (κ1) is 14.8. The Morgan fingerprint density at radius 2 is 1.76 bits per heavy atom. The van der Waals surface area contributed by atoms with Crippen LogP contribution in [0.15, 0.2) is 12.4 Å². The average molecular weight is 290 g/mol. The normalized spacial score (nSPS) is 31.0. The van der Waals surface area contributed by atoms with Gasteiger partial charge in [-0.2, -0.15) is 0 Å². The number of ether oxygens (including phenoxy) is 1. The van der Waals surface area contributed by atoms with E-state index in [9.17, 15) is 5.11 Å². The second kappa shape index (κ2) is 6.30. The number of rotatable bonds is 3. The molecule has 0 spiro atoms. The largest absolute Gasteiger partial charge is 0.480 e. The molecule has 2 fully saturated rings. The third kappa shape index (κ3) is 2.78. The quantitative estimate of drug-likeness (QED) is 0.926.